The van der Waals surface area contributed by atoms with E-state index in [4.69, 9.17) is 4.74 Å². The quantitative estimate of drug-likeness (QED) is 0.463. The fourth-order valence-electron chi connectivity index (χ4n) is 4.15. The van der Waals surface area contributed by atoms with Crippen molar-refractivity contribution in [3.8, 4) is 0 Å². The van der Waals surface area contributed by atoms with E-state index in [2.05, 4.69) is 11.1 Å². The Bertz CT molecular complexity index is 1380. The molecule has 1 saturated heterocycles. The summed E-state index contributed by atoms with van der Waals surface area (Å²) in [5.74, 6) is -1.03. The van der Waals surface area contributed by atoms with Crippen molar-refractivity contribution in [2.45, 2.75) is 44.4 Å². The Morgan fingerprint density at radius 1 is 1.21 bits per heavy atom. The molecule has 3 heterocycles. The summed E-state index contributed by atoms with van der Waals surface area (Å²) in [5.41, 5.74) is 2.95. The number of piperidine rings is 1. The number of thiazole rings is 1. The molecule has 4 rings (SSSR count). The molecule has 1 fully saturated rings. The predicted octanol–water partition coefficient (Wildman–Crippen LogP) is 3.47. The first-order valence-corrected chi connectivity index (χ1v) is 14.2. The first-order chi connectivity index (χ1) is 16.2. The minimum absolute atomic E-state index is 0.0274. The van der Waals surface area contributed by atoms with E-state index in [1.807, 2.05) is 19.9 Å². The van der Waals surface area contributed by atoms with Gasteiger partial charge < -0.3 is 9.30 Å². The van der Waals surface area contributed by atoms with Gasteiger partial charge in [0.25, 0.3) is 15.9 Å². The Hall–Kier alpha value is -2.34. The highest BCUT2D eigenvalue weighted by molar-refractivity contribution is 7.91. The van der Waals surface area contributed by atoms with Crippen LogP contribution in [0.1, 0.15) is 30.9 Å². The molecule has 2 aromatic heterocycles. The number of benzene rings is 1. The van der Waals surface area contributed by atoms with Crippen LogP contribution < -0.4 is 4.80 Å². The lowest BCUT2D eigenvalue weighted by Crippen LogP contribution is -2.40. The first-order valence-electron chi connectivity index (χ1n) is 11.1. The third kappa shape index (κ3) is 5.02. The van der Waals surface area contributed by atoms with Crippen molar-refractivity contribution in [1.29, 1.82) is 0 Å². The lowest BCUT2D eigenvalue weighted by atomic mass is 9.98. The molecule has 0 saturated carbocycles. The molecule has 8 nitrogen and oxygen atoms in total. The molecular formula is C23H27N3O5S3. The number of hydrogen-bond acceptors (Lipinski definition) is 7. The van der Waals surface area contributed by atoms with Gasteiger partial charge in [0.05, 0.1) is 16.8 Å². The van der Waals surface area contributed by atoms with Gasteiger partial charge >= 0.3 is 5.97 Å². The fourth-order valence-corrected chi connectivity index (χ4v) is 7.85. The number of amides is 1. The minimum Gasteiger partial charge on any atom is -0.465 e. The summed E-state index contributed by atoms with van der Waals surface area (Å²) in [6, 6.07) is 7.35. The molecule has 0 unspecified atom stereocenters. The summed E-state index contributed by atoms with van der Waals surface area (Å²) in [6.45, 7) is 6.54. The van der Waals surface area contributed by atoms with Gasteiger partial charge in [-0.15, -0.1) is 11.3 Å². The zero-order valence-corrected chi connectivity index (χ0v) is 21.8. The van der Waals surface area contributed by atoms with Crippen LogP contribution >= 0.6 is 22.7 Å². The van der Waals surface area contributed by atoms with Gasteiger partial charge in [0, 0.05) is 19.0 Å². The summed E-state index contributed by atoms with van der Waals surface area (Å²) in [7, 11) is -3.52. The molecule has 0 bridgehead atoms. The van der Waals surface area contributed by atoms with Crippen LogP contribution in [0.4, 0.5) is 0 Å². The molecule has 0 spiro atoms. The monoisotopic (exact) mass is 521 g/mol. The van der Waals surface area contributed by atoms with E-state index in [0.29, 0.717) is 21.9 Å². The average Bonchev–Trinajstić information content (AvgIpc) is 3.44. The highest BCUT2D eigenvalue weighted by Crippen LogP contribution is 2.27. The number of carbonyl (C=O) groups excluding carboxylic acids is 2. The van der Waals surface area contributed by atoms with E-state index in [9.17, 15) is 18.0 Å². The van der Waals surface area contributed by atoms with Crippen LogP contribution in [0.3, 0.4) is 0 Å². The maximum atomic E-state index is 13.1. The molecule has 0 radical (unpaired) electrons. The lowest BCUT2D eigenvalue weighted by molar-refractivity contribution is -0.143. The molecule has 3 aromatic rings. The van der Waals surface area contributed by atoms with E-state index < -0.39 is 10.0 Å². The number of sulfonamides is 1. The minimum atomic E-state index is -3.52. The van der Waals surface area contributed by atoms with Gasteiger partial charge in [-0.3, -0.25) is 9.59 Å². The number of aryl methyl sites for hydroxylation is 2. The maximum Gasteiger partial charge on any atom is 0.326 e. The number of aromatic nitrogens is 1. The van der Waals surface area contributed by atoms with Crippen molar-refractivity contribution >= 4 is 54.8 Å². The molecule has 1 aromatic carbocycles. The SMILES string of the molecule is CCOC(=O)Cn1c(=NC(=O)C2CCN(S(=O)(=O)c3cccs3)CC2)sc2c(C)cc(C)cc21. The molecule has 0 N–H and O–H groups in total. The smallest absolute Gasteiger partial charge is 0.326 e. The van der Waals surface area contributed by atoms with E-state index in [1.54, 1.807) is 29.0 Å². The van der Waals surface area contributed by atoms with E-state index >= 15 is 0 Å². The predicted molar refractivity (Wildman–Crippen MR) is 132 cm³/mol. The second-order valence-electron chi connectivity index (χ2n) is 8.27. The molecule has 1 amide bonds. The third-order valence-electron chi connectivity index (χ3n) is 5.81. The number of fused-ring (bicyclic) bond motifs is 1. The van der Waals surface area contributed by atoms with E-state index in [0.717, 1.165) is 21.3 Å². The van der Waals surface area contributed by atoms with Crippen LogP contribution in [0, 0.1) is 19.8 Å². The summed E-state index contributed by atoms with van der Waals surface area (Å²) in [5, 5.41) is 1.74. The van der Waals surface area contributed by atoms with Crippen molar-refractivity contribution in [3.63, 3.8) is 0 Å². The molecule has 0 atom stereocenters. The molecule has 34 heavy (non-hydrogen) atoms. The number of hydrogen-bond donors (Lipinski definition) is 0. The summed E-state index contributed by atoms with van der Waals surface area (Å²) >= 11 is 2.57. The number of thiophene rings is 1. The number of ether oxygens (including phenoxy) is 1. The molecule has 11 heteroatoms. The number of esters is 1. The molecule has 1 aliphatic heterocycles. The second-order valence-corrected chi connectivity index (χ2v) is 12.4. The molecular weight excluding hydrogens is 494 g/mol. The Kier molecular flexibility index (Phi) is 7.36. The molecule has 182 valence electrons. The van der Waals surface area contributed by atoms with Crippen LogP contribution in [0.5, 0.6) is 0 Å². The Morgan fingerprint density at radius 3 is 2.59 bits per heavy atom. The second kappa shape index (κ2) is 10.1. The Morgan fingerprint density at radius 2 is 1.94 bits per heavy atom. The fraction of sp³-hybridized carbons (Fsp3) is 0.435. The zero-order chi connectivity index (χ0) is 24.5. The van der Waals surface area contributed by atoms with Crippen LogP contribution in [0.25, 0.3) is 10.2 Å². The summed E-state index contributed by atoms with van der Waals surface area (Å²) < 4.78 is 35.1. The number of rotatable bonds is 6. The van der Waals surface area contributed by atoms with Gasteiger partial charge in [0.15, 0.2) is 4.80 Å². The van der Waals surface area contributed by atoms with Crippen LogP contribution in [0.15, 0.2) is 38.8 Å². The largest absolute Gasteiger partial charge is 0.465 e. The van der Waals surface area contributed by atoms with Crippen molar-refractivity contribution in [3.05, 3.63) is 45.6 Å². The van der Waals surface area contributed by atoms with Gasteiger partial charge in [-0.05, 0) is 62.3 Å². The maximum absolute atomic E-state index is 13.1. The Labute approximate surface area is 206 Å². The van der Waals surface area contributed by atoms with E-state index in [-0.39, 0.29) is 44.0 Å². The molecule has 0 aliphatic carbocycles. The van der Waals surface area contributed by atoms with Gasteiger partial charge in [-0.25, -0.2) is 8.42 Å². The lowest BCUT2D eigenvalue weighted by Gasteiger charge is -2.29. The zero-order valence-electron chi connectivity index (χ0n) is 19.3. The van der Waals surface area contributed by atoms with Crippen molar-refractivity contribution in [2.24, 2.45) is 10.9 Å². The topological polar surface area (TPSA) is 98.0 Å². The van der Waals surface area contributed by atoms with Crippen molar-refractivity contribution in [1.82, 2.24) is 8.87 Å². The van der Waals surface area contributed by atoms with Gasteiger partial charge in [0.1, 0.15) is 10.8 Å². The highest BCUT2D eigenvalue weighted by Gasteiger charge is 2.32. The number of nitrogens with zero attached hydrogens (tertiary/aromatic N) is 3. The van der Waals surface area contributed by atoms with Gasteiger partial charge in [-0.2, -0.15) is 9.30 Å². The summed E-state index contributed by atoms with van der Waals surface area (Å²) in [6.07, 6.45) is 0.821. The van der Waals surface area contributed by atoms with Gasteiger partial charge in [0.2, 0.25) is 0 Å². The van der Waals surface area contributed by atoms with Crippen molar-refractivity contribution < 1.29 is 22.7 Å². The normalized spacial score (nSPS) is 16.3. The molecule has 1 aliphatic rings. The van der Waals surface area contributed by atoms with Crippen molar-refractivity contribution in [2.75, 3.05) is 19.7 Å². The Balaban J connectivity index is 1.59. The van der Waals surface area contributed by atoms with Gasteiger partial charge in [-0.1, -0.05) is 23.5 Å². The van der Waals surface area contributed by atoms with Crippen LogP contribution in [-0.2, 0) is 30.9 Å². The third-order valence-corrected chi connectivity index (χ3v) is 10.3. The first kappa shape index (κ1) is 24.8. The summed E-state index contributed by atoms with van der Waals surface area (Å²) in [4.78, 5) is 30.2. The van der Waals surface area contributed by atoms with Crippen LogP contribution in [0.2, 0.25) is 0 Å². The standard InChI is InChI=1S/C23H27N3O5S3/c1-4-31-19(27)14-26-18-13-15(2)12-16(3)21(18)33-23(26)24-22(28)17-7-9-25(10-8-17)34(29,30)20-6-5-11-32-20/h5-6,11-13,17H,4,7-10,14H2,1-3H3. The average molecular weight is 522 g/mol. The highest BCUT2D eigenvalue weighted by atomic mass is 32.2. The number of carbonyl (C=O) groups is 2. The van der Waals surface area contributed by atoms with E-state index in [1.165, 1.54) is 27.0 Å². The van der Waals surface area contributed by atoms with Crippen LogP contribution in [-0.4, -0.2) is 48.9 Å².